The molecule has 0 aromatic rings. The minimum Gasteiger partial charge on any atom is -0.474 e. The predicted molar refractivity (Wildman–Crippen MR) is 50.7 cm³/mol. The fraction of sp³-hybridized carbons (Fsp3) is 0.556. The number of aliphatic imine (C=N–C) groups is 1. The van der Waals surface area contributed by atoms with Crippen molar-refractivity contribution in [1.29, 1.82) is 0 Å². The molecule has 0 radical (unpaired) electrons. The van der Waals surface area contributed by atoms with Crippen LogP contribution in [0.1, 0.15) is 13.3 Å². The van der Waals surface area contributed by atoms with Gasteiger partial charge >= 0.3 is 5.91 Å². The van der Waals surface area contributed by atoms with E-state index in [2.05, 4.69) is 10.3 Å². The smallest absolute Gasteiger partial charge is 0.306 e. The predicted octanol–water partition coefficient (Wildman–Crippen LogP) is 0.497. The van der Waals surface area contributed by atoms with Crippen molar-refractivity contribution in [3.05, 3.63) is 12.2 Å². The van der Waals surface area contributed by atoms with E-state index in [-0.39, 0.29) is 11.8 Å². The maximum atomic E-state index is 11.3. The molecule has 0 unspecified atom stereocenters. The molecular formula is C9H14N2O2. The lowest BCUT2D eigenvalue weighted by Crippen LogP contribution is -2.34. The molecule has 0 atom stereocenters. The number of nitrogens with zero attached hydrogens (tertiary/aromatic N) is 1. The Bertz CT molecular complexity index is 234. The van der Waals surface area contributed by atoms with Gasteiger partial charge in [0.2, 0.25) is 0 Å². The molecule has 4 heteroatoms. The summed E-state index contributed by atoms with van der Waals surface area (Å²) in [6.07, 6.45) is 4.64. The number of hydrogen-bond acceptors (Lipinski definition) is 3. The van der Waals surface area contributed by atoms with Gasteiger partial charge in [0.05, 0.1) is 6.61 Å². The van der Waals surface area contributed by atoms with E-state index in [1.165, 1.54) is 0 Å². The minimum absolute atomic E-state index is 0.218. The van der Waals surface area contributed by atoms with Gasteiger partial charge in [-0.1, -0.05) is 12.2 Å². The van der Waals surface area contributed by atoms with Gasteiger partial charge in [-0.15, -0.1) is 0 Å². The van der Waals surface area contributed by atoms with E-state index >= 15 is 0 Å². The van der Waals surface area contributed by atoms with Crippen LogP contribution in [0.15, 0.2) is 17.1 Å². The van der Waals surface area contributed by atoms with Gasteiger partial charge in [-0.25, -0.2) is 4.99 Å². The van der Waals surface area contributed by atoms with Crippen LogP contribution in [0.3, 0.4) is 0 Å². The fourth-order valence-electron chi connectivity index (χ4n) is 0.942. The molecule has 1 aliphatic rings. The van der Waals surface area contributed by atoms with Gasteiger partial charge in [-0.3, -0.25) is 4.79 Å². The summed E-state index contributed by atoms with van der Waals surface area (Å²) in [4.78, 5) is 15.2. The zero-order valence-corrected chi connectivity index (χ0v) is 7.75. The SMILES string of the molecule is CC=CCNC(=O)C1=NCCCO1. The van der Waals surface area contributed by atoms with E-state index in [0.717, 1.165) is 6.42 Å². The number of carbonyl (C=O) groups excluding carboxylic acids is 1. The molecule has 13 heavy (non-hydrogen) atoms. The summed E-state index contributed by atoms with van der Waals surface area (Å²) in [6, 6.07) is 0. The average molecular weight is 182 g/mol. The first-order valence-corrected chi connectivity index (χ1v) is 4.41. The van der Waals surface area contributed by atoms with Crippen LogP contribution < -0.4 is 5.32 Å². The lowest BCUT2D eigenvalue weighted by Gasteiger charge is -2.12. The molecule has 4 nitrogen and oxygen atoms in total. The fourth-order valence-corrected chi connectivity index (χ4v) is 0.942. The molecule has 1 aliphatic heterocycles. The van der Waals surface area contributed by atoms with Gasteiger partial charge in [0.15, 0.2) is 0 Å². The highest BCUT2D eigenvalue weighted by molar-refractivity contribution is 6.35. The van der Waals surface area contributed by atoms with Gasteiger partial charge in [0, 0.05) is 19.5 Å². The van der Waals surface area contributed by atoms with Crippen LogP contribution in [0.25, 0.3) is 0 Å². The number of ether oxygens (including phenoxy) is 1. The number of nitrogens with one attached hydrogen (secondary N) is 1. The van der Waals surface area contributed by atoms with Crippen LogP contribution in [0.5, 0.6) is 0 Å². The van der Waals surface area contributed by atoms with Gasteiger partial charge in [0.1, 0.15) is 0 Å². The van der Waals surface area contributed by atoms with Crippen molar-refractivity contribution in [2.75, 3.05) is 19.7 Å². The maximum absolute atomic E-state index is 11.3. The number of amides is 1. The van der Waals surface area contributed by atoms with Crippen LogP contribution in [0, 0.1) is 0 Å². The summed E-state index contributed by atoms with van der Waals surface area (Å²) in [5.41, 5.74) is 0. The van der Waals surface area contributed by atoms with Crippen molar-refractivity contribution in [2.45, 2.75) is 13.3 Å². The van der Waals surface area contributed by atoms with Crippen LogP contribution in [-0.4, -0.2) is 31.5 Å². The Labute approximate surface area is 77.7 Å². The Morgan fingerprint density at radius 1 is 1.77 bits per heavy atom. The van der Waals surface area contributed by atoms with Crippen LogP contribution in [0.4, 0.5) is 0 Å². The molecule has 1 rings (SSSR count). The van der Waals surface area contributed by atoms with Crippen molar-refractivity contribution < 1.29 is 9.53 Å². The highest BCUT2D eigenvalue weighted by Crippen LogP contribution is 1.96. The summed E-state index contributed by atoms with van der Waals surface area (Å²) in [7, 11) is 0. The summed E-state index contributed by atoms with van der Waals surface area (Å²) in [6.45, 7) is 3.71. The average Bonchev–Trinajstić information content (AvgIpc) is 2.19. The molecule has 0 aromatic carbocycles. The molecule has 0 aliphatic carbocycles. The molecule has 0 aromatic heterocycles. The Morgan fingerprint density at radius 2 is 2.62 bits per heavy atom. The van der Waals surface area contributed by atoms with Gasteiger partial charge in [0.25, 0.3) is 5.90 Å². The molecule has 0 spiro atoms. The first kappa shape index (κ1) is 9.77. The second kappa shape index (κ2) is 5.35. The molecule has 0 saturated carbocycles. The van der Waals surface area contributed by atoms with Crippen molar-refractivity contribution in [3.8, 4) is 0 Å². The third kappa shape index (κ3) is 3.27. The zero-order chi connectivity index (χ0) is 9.52. The largest absolute Gasteiger partial charge is 0.474 e. The third-order valence-corrected chi connectivity index (χ3v) is 1.61. The first-order chi connectivity index (χ1) is 6.34. The first-order valence-electron chi connectivity index (χ1n) is 4.41. The minimum atomic E-state index is -0.224. The van der Waals surface area contributed by atoms with E-state index in [0.29, 0.717) is 19.7 Å². The second-order valence-corrected chi connectivity index (χ2v) is 2.67. The van der Waals surface area contributed by atoms with Crippen molar-refractivity contribution in [3.63, 3.8) is 0 Å². The molecule has 0 bridgehead atoms. The van der Waals surface area contributed by atoms with Crippen molar-refractivity contribution in [1.82, 2.24) is 5.32 Å². The molecule has 0 fully saturated rings. The third-order valence-electron chi connectivity index (χ3n) is 1.61. The van der Waals surface area contributed by atoms with E-state index < -0.39 is 0 Å². The van der Waals surface area contributed by atoms with Gasteiger partial charge < -0.3 is 10.1 Å². The van der Waals surface area contributed by atoms with E-state index in [4.69, 9.17) is 4.74 Å². The van der Waals surface area contributed by atoms with E-state index in [1.807, 2.05) is 19.1 Å². The zero-order valence-electron chi connectivity index (χ0n) is 7.75. The highest BCUT2D eigenvalue weighted by Gasteiger charge is 2.14. The number of allylic oxidation sites excluding steroid dienone is 1. The van der Waals surface area contributed by atoms with E-state index in [9.17, 15) is 4.79 Å². The number of rotatable bonds is 3. The lowest BCUT2D eigenvalue weighted by molar-refractivity contribution is -0.116. The molecule has 72 valence electrons. The van der Waals surface area contributed by atoms with Crippen molar-refractivity contribution in [2.24, 2.45) is 4.99 Å². The Balaban J connectivity index is 2.33. The van der Waals surface area contributed by atoms with Gasteiger partial charge in [-0.2, -0.15) is 0 Å². The Hall–Kier alpha value is -1.32. The lowest BCUT2D eigenvalue weighted by atomic mass is 10.4. The van der Waals surface area contributed by atoms with Crippen LogP contribution in [0.2, 0.25) is 0 Å². The molecule has 1 N–H and O–H groups in total. The summed E-state index contributed by atoms with van der Waals surface area (Å²) in [5.74, 6) is -0.00597. The van der Waals surface area contributed by atoms with Gasteiger partial charge in [-0.05, 0) is 6.92 Å². The summed E-state index contributed by atoms with van der Waals surface area (Å²) >= 11 is 0. The Morgan fingerprint density at radius 3 is 3.23 bits per heavy atom. The summed E-state index contributed by atoms with van der Waals surface area (Å²) in [5, 5.41) is 2.67. The van der Waals surface area contributed by atoms with Crippen LogP contribution in [-0.2, 0) is 9.53 Å². The number of carbonyl (C=O) groups is 1. The molecule has 1 heterocycles. The normalized spacial score (nSPS) is 16.5. The topological polar surface area (TPSA) is 50.7 Å². The maximum Gasteiger partial charge on any atom is 0.306 e. The van der Waals surface area contributed by atoms with Crippen LogP contribution >= 0.6 is 0 Å². The Kier molecular flexibility index (Phi) is 4.02. The van der Waals surface area contributed by atoms with E-state index in [1.54, 1.807) is 0 Å². The number of hydrogen-bond donors (Lipinski definition) is 1. The summed E-state index contributed by atoms with van der Waals surface area (Å²) < 4.78 is 5.08. The highest BCUT2D eigenvalue weighted by atomic mass is 16.5. The second-order valence-electron chi connectivity index (χ2n) is 2.67. The molecular weight excluding hydrogens is 168 g/mol. The van der Waals surface area contributed by atoms with Crippen molar-refractivity contribution >= 4 is 11.8 Å². The molecule has 1 amide bonds. The standard InChI is InChI=1S/C9H14N2O2/c1-2-3-5-10-8(12)9-11-6-4-7-13-9/h2-3H,4-7H2,1H3,(H,10,12). The quantitative estimate of drug-likeness (QED) is 0.646. The molecule has 0 saturated heterocycles. The monoisotopic (exact) mass is 182 g/mol.